The van der Waals surface area contributed by atoms with Crippen molar-refractivity contribution in [3.8, 4) is 28.1 Å². The quantitative estimate of drug-likeness (QED) is 0.272. The van der Waals surface area contributed by atoms with Crippen molar-refractivity contribution in [1.29, 1.82) is 0 Å². The smallest absolute Gasteiger partial charge is 0.188 e. The highest BCUT2D eigenvalue weighted by molar-refractivity contribution is 6.32. The molecular weight excluding hydrogens is 414 g/mol. The third kappa shape index (κ3) is 3.90. The van der Waals surface area contributed by atoms with Crippen molar-refractivity contribution in [1.82, 2.24) is 9.97 Å². The Balaban J connectivity index is 1.99. The van der Waals surface area contributed by atoms with Crippen LogP contribution in [0.2, 0.25) is 10.2 Å². The van der Waals surface area contributed by atoms with Crippen LogP contribution in [0.25, 0.3) is 33.2 Å². The summed E-state index contributed by atoms with van der Waals surface area (Å²) in [5, 5.41) is 2.38. The molecule has 4 rings (SSSR count). The zero-order chi connectivity index (χ0) is 20.4. The fraction of sp³-hybridized carbons (Fsp3) is 0.0909. The maximum atomic E-state index is 14.5. The predicted octanol–water partition coefficient (Wildman–Crippen LogP) is 6.39. The number of pyridine rings is 2. The first kappa shape index (κ1) is 19.6. The highest BCUT2D eigenvalue weighted by Gasteiger charge is 2.19. The zero-order valence-electron chi connectivity index (χ0n) is 15.3. The molecule has 0 aliphatic carbocycles. The lowest BCUT2D eigenvalue weighted by molar-refractivity contribution is 0.0513. The molecule has 7 heteroatoms. The molecule has 0 amide bonds. The van der Waals surface area contributed by atoms with Gasteiger partial charge in [-0.1, -0.05) is 47.5 Å². The molecule has 0 atom stereocenters. The predicted molar refractivity (Wildman–Crippen MR) is 113 cm³/mol. The van der Waals surface area contributed by atoms with E-state index in [2.05, 4.69) is 9.97 Å². The Morgan fingerprint density at radius 2 is 1.79 bits per heavy atom. The molecule has 0 N–H and O–H groups in total. The Morgan fingerprint density at radius 3 is 2.62 bits per heavy atom. The summed E-state index contributed by atoms with van der Waals surface area (Å²) in [7, 11) is 1.51. The molecule has 0 saturated heterocycles. The molecule has 2 aromatic carbocycles. The van der Waals surface area contributed by atoms with Crippen molar-refractivity contribution < 1.29 is 13.9 Å². The Bertz CT molecular complexity index is 1200. The molecule has 4 aromatic rings. The van der Waals surface area contributed by atoms with E-state index in [0.29, 0.717) is 22.0 Å². The Kier molecular flexibility index (Phi) is 5.62. The number of nitrogens with zero attached hydrogens (tertiary/aromatic N) is 2. The van der Waals surface area contributed by atoms with Gasteiger partial charge in [0.2, 0.25) is 0 Å². The van der Waals surface area contributed by atoms with E-state index in [1.807, 2.05) is 24.3 Å². The second-order valence-corrected chi connectivity index (χ2v) is 7.05. The third-order valence-electron chi connectivity index (χ3n) is 4.42. The molecule has 2 aromatic heterocycles. The lowest BCUT2D eigenvalue weighted by atomic mass is 9.99. The first-order valence-electron chi connectivity index (χ1n) is 8.69. The molecule has 0 radical (unpaired) electrons. The van der Waals surface area contributed by atoms with E-state index in [9.17, 15) is 4.39 Å². The average Bonchev–Trinajstić information content (AvgIpc) is 2.74. The molecule has 29 heavy (non-hydrogen) atoms. The van der Waals surface area contributed by atoms with Gasteiger partial charge in [-0.15, -0.1) is 0 Å². The number of fused-ring (bicyclic) bond motifs is 1. The molecular formula is C22H15Cl2FN2O2. The van der Waals surface area contributed by atoms with Crippen molar-refractivity contribution in [2.24, 2.45) is 0 Å². The summed E-state index contributed by atoms with van der Waals surface area (Å²) in [4.78, 5) is 8.66. The van der Waals surface area contributed by atoms with Gasteiger partial charge in [-0.05, 0) is 29.7 Å². The molecule has 4 nitrogen and oxygen atoms in total. The molecule has 0 spiro atoms. The van der Waals surface area contributed by atoms with E-state index in [1.165, 1.54) is 25.3 Å². The van der Waals surface area contributed by atoms with Crippen molar-refractivity contribution >= 4 is 34.0 Å². The first-order valence-corrected chi connectivity index (χ1v) is 9.45. The van der Waals surface area contributed by atoms with E-state index in [1.54, 1.807) is 18.5 Å². The Labute approximate surface area is 176 Å². The second kappa shape index (κ2) is 8.33. The van der Waals surface area contributed by atoms with E-state index < -0.39 is 5.82 Å². The molecule has 0 aliphatic heterocycles. The number of benzene rings is 2. The van der Waals surface area contributed by atoms with Gasteiger partial charge in [0.15, 0.2) is 17.7 Å². The molecule has 0 aliphatic rings. The SMILES string of the molecule is COCOc1c(-c2cncc3ccccc23)cc(-c2cc(Cl)ccc2F)nc1Cl. The van der Waals surface area contributed by atoms with E-state index in [4.69, 9.17) is 32.7 Å². The third-order valence-corrected chi connectivity index (χ3v) is 4.91. The molecule has 0 fully saturated rings. The van der Waals surface area contributed by atoms with Crippen molar-refractivity contribution in [2.45, 2.75) is 0 Å². The second-order valence-electron chi connectivity index (χ2n) is 6.26. The maximum Gasteiger partial charge on any atom is 0.188 e. The number of hydrogen-bond donors (Lipinski definition) is 0. The van der Waals surface area contributed by atoms with Gasteiger partial charge in [0.05, 0.1) is 5.69 Å². The van der Waals surface area contributed by atoms with Crippen LogP contribution in [0.15, 0.2) is 60.9 Å². The highest BCUT2D eigenvalue weighted by atomic mass is 35.5. The molecule has 0 bridgehead atoms. The van der Waals surface area contributed by atoms with Gasteiger partial charge >= 0.3 is 0 Å². The van der Waals surface area contributed by atoms with Gasteiger partial charge in [0.1, 0.15) is 5.82 Å². The molecule has 0 unspecified atom stereocenters. The monoisotopic (exact) mass is 428 g/mol. The standard InChI is InChI=1S/C22H15Cl2FN2O2/c1-28-12-29-21-16(18-11-26-10-13-4-2-3-5-15(13)18)9-20(27-22(21)24)17-8-14(23)6-7-19(17)25/h2-11H,12H2,1H3. The van der Waals surface area contributed by atoms with Crippen LogP contribution in [0.1, 0.15) is 0 Å². The van der Waals surface area contributed by atoms with Crippen molar-refractivity contribution in [2.75, 3.05) is 13.9 Å². The molecule has 2 heterocycles. The van der Waals surface area contributed by atoms with E-state index >= 15 is 0 Å². The number of halogens is 3. The Morgan fingerprint density at radius 1 is 0.966 bits per heavy atom. The van der Waals surface area contributed by atoms with Gasteiger partial charge in [0.25, 0.3) is 0 Å². The minimum atomic E-state index is -0.453. The molecule has 0 saturated carbocycles. The Hall–Kier alpha value is -2.73. The van der Waals surface area contributed by atoms with Crippen molar-refractivity contribution in [3.63, 3.8) is 0 Å². The van der Waals surface area contributed by atoms with E-state index in [-0.39, 0.29) is 17.5 Å². The lowest BCUT2D eigenvalue weighted by Crippen LogP contribution is -2.03. The topological polar surface area (TPSA) is 44.2 Å². The zero-order valence-corrected chi connectivity index (χ0v) is 16.8. The first-order chi connectivity index (χ1) is 14.1. The van der Waals surface area contributed by atoms with Crippen LogP contribution in [0, 0.1) is 5.82 Å². The number of ether oxygens (including phenoxy) is 2. The maximum absolute atomic E-state index is 14.5. The van der Waals surface area contributed by atoms with Gasteiger partial charge in [-0.25, -0.2) is 9.37 Å². The summed E-state index contributed by atoms with van der Waals surface area (Å²) in [6.07, 6.45) is 3.49. The lowest BCUT2D eigenvalue weighted by Gasteiger charge is -2.16. The van der Waals surface area contributed by atoms with Crippen LogP contribution in [0.4, 0.5) is 4.39 Å². The van der Waals surface area contributed by atoms with Gasteiger partial charge in [-0.2, -0.15) is 0 Å². The fourth-order valence-corrected chi connectivity index (χ4v) is 3.54. The number of rotatable bonds is 5. The average molecular weight is 429 g/mol. The highest BCUT2D eigenvalue weighted by Crippen LogP contribution is 2.41. The summed E-state index contributed by atoms with van der Waals surface area (Å²) >= 11 is 12.5. The van der Waals surface area contributed by atoms with E-state index in [0.717, 1.165) is 16.3 Å². The fourth-order valence-electron chi connectivity index (χ4n) is 3.12. The van der Waals surface area contributed by atoms with Crippen LogP contribution in [-0.4, -0.2) is 23.9 Å². The number of hydrogen-bond acceptors (Lipinski definition) is 4. The number of methoxy groups -OCH3 is 1. The summed E-state index contributed by atoms with van der Waals surface area (Å²) in [5.74, 6) is -0.122. The minimum absolute atomic E-state index is 0.0164. The largest absolute Gasteiger partial charge is 0.464 e. The van der Waals surface area contributed by atoms with Gasteiger partial charge in [-0.3, -0.25) is 4.98 Å². The summed E-state index contributed by atoms with van der Waals surface area (Å²) in [5.41, 5.74) is 1.98. The van der Waals surface area contributed by atoms with Crippen LogP contribution in [-0.2, 0) is 4.74 Å². The van der Waals surface area contributed by atoms with Crippen LogP contribution in [0.3, 0.4) is 0 Å². The normalized spacial score (nSPS) is 11.0. The van der Waals surface area contributed by atoms with Crippen LogP contribution < -0.4 is 4.74 Å². The summed E-state index contributed by atoms with van der Waals surface area (Å²) in [6.45, 7) is -0.0164. The summed E-state index contributed by atoms with van der Waals surface area (Å²) in [6, 6.07) is 13.8. The van der Waals surface area contributed by atoms with Gasteiger partial charge in [0, 0.05) is 46.6 Å². The van der Waals surface area contributed by atoms with Crippen molar-refractivity contribution in [3.05, 3.63) is 76.9 Å². The van der Waals surface area contributed by atoms with Gasteiger partial charge < -0.3 is 9.47 Å². The summed E-state index contributed by atoms with van der Waals surface area (Å²) < 4.78 is 25.2. The van der Waals surface area contributed by atoms with Crippen LogP contribution >= 0.6 is 23.2 Å². The molecule has 146 valence electrons. The van der Waals surface area contributed by atoms with Crippen LogP contribution in [0.5, 0.6) is 5.75 Å². The number of aromatic nitrogens is 2. The minimum Gasteiger partial charge on any atom is -0.464 e.